The van der Waals surface area contributed by atoms with E-state index >= 15 is 0 Å². The van der Waals surface area contributed by atoms with E-state index in [4.69, 9.17) is 32.7 Å². The smallest absolute Gasteiger partial charge is 0.324 e. The zero-order valence-corrected chi connectivity index (χ0v) is 20.5. The molecule has 2 heterocycles. The van der Waals surface area contributed by atoms with Gasteiger partial charge in [-0.25, -0.2) is 4.98 Å². The number of methoxy groups -OCH3 is 1. The third kappa shape index (κ3) is 5.45. The van der Waals surface area contributed by atoms with E-state index in [1.54, 1.807) is 43.5 Å². The van der Waals surface area contributed by atoms with Crippen LogP contribution in [0.4, 0.5) is 10.1 Å². The van der Waals surface area contributed by atoms with Crippen molar-refractivity contribution in [3.63, 3.8) is 0 Å². The van der Waals surface area contributed by atoms with E-state index in [1.165, 1.54) is 29.7 Å². The quantitative estimate of drug-likeness (QED) is 0.154. The summed E-state index contributed by atoms with van der Waals surface area (Å²) >= 11 is 14.2. The van der Waals surface area contributed by atoms with Crippen LogP contribution in [0.3, 0.4) is 0 Å². The van der Waals surface area contributed by atoms with Crippen LogP contribution in [0.5, 0.6) is 11.5 Å². The van der Waals surface area contributed by atoms with E-state index in [0.717, 1.165) is 21.0 Å². The third-order valence-corrected chi connectivity index (χ3v) is 6.84. The fourth-order valence-electron chi connectivity index (χ4n) is 2.75. The van der Waals surface area contributed by atoms with Crippen molar-refractivity contribution in [2.75, 3.05) is 18.7 Å². The molecule has 0 aliphatic heterocycles. The number of anilines is 1. The van der Waals surface area contributed by atoms with Crippen LogP contribution in [-0.2, 0) is 4.79 Å². The van der Waals surface area contributed by atoms with Gasteiger partial charge in [-0.05, 0) is 42.5 Å². The largest absolute Gasteiger partial charge is 0.497 e. The second kappa shape index (κ2) is 10.3. The van der Waals surface area contributed by atoms with E-state index in [9.17, 15) is 14.9 Å². The molecule has 13 heteroatoms. The molecule has 2 aromatic heterocycles. The highest BCUT2D eigenvalue weighted by Gasteiger charge is 2.21. The Morgan fingerprint density at radius 2 is 2.03 bits per heavy atom. The number of nitrogens with zero attached hydrogens (tertiary/aromatic N) is 4. The summed E-state index contributed by atoms with van der Waals surface area (Å²) in [5.74, 6) is 0.404. The molecule has 4 rings (SSSR count). The number of benzene rings is 2. The van der Waals surface area contributed by atoms with Gasteiger partial charge in [-0.15, -0.1) is 0 Å². The molecule has 0 N–H and O–H groups in total. The van der Waals surface area contributed by atoms with E-state index in [1.807, 2.05) is 0 Å². The van der Waals surface area contributed by atoms with E-state index in [2.05, 4.69) is 10.1 Å². The highest BCUT2D eigenvalue weighted by Crippen LogP contribution is 2.32. The molecule has 0 unspecified atom stereocenters. The van der Waals surface area contributed by atoms with Gasteiger partial charge in [0, 0.05) is 11.1 Å². The summed E-state index contributed by atoms with van der Waals surface area (Å²) < 4.78 is 11.6. The van der Waals surface area contributed by atoms with Crippen molar-refractivity contribution < 1.29 is 19.2 Å². The van der Waals surface area contributed by atoms with Gasteiger partial charge in [0.15, 0.2) is 6.61 Å². The molecule has 0 aliphatic carbocycles. The zero-order valence-electron chi connectivity index (χ0n) is 17.3. The summed E-state index contributed by atoms with van der Waals surface area (Å²) in [5, 5.41) is 17.2. The number of carbonyl (C=O) groups excluding carboxylic acids is 1. The predicted octanol–water partition coefficient (Wildman–Crippen LogP) is 6.03. The average Bonchev–Trinajstić information content (AvgIpc) is 3.45. The van der Waals surface area contributed by atoms with E-state index in [-0.39, 0.29) is 22.4 Å². The zero-order chi connectivity index (χ0) is 24.2. The number of carbonyl (C=O) groups is 1. The summed E-state index contributed by atoms with van der Waals surface area (Å²) in [6.45, 7) is -0.386. The van der Waals surface area contributed by atoms with Crippen LogP contribution in [0.25, 0.3) is 10.2 Å². The lowest BCUT2D eigenvalue weighted by atomic mass is 10.3. The maximum Gasteiger partial charge on any atom is 0.324 e. The lowest BCUT2D eigenvalue weighted by Crippen LogP contribution is -2.30. The fourth-order valence-corrected chi connectivity index (χ4v) is 4.87. The SMILES string of the molecule is COc1ccc2nc(N(/N=C/c3ccc([N+](=O)[O-])s3)C(=O)COc3ccc(Cl)cc3Cl)sc2c1. The van der Waals surface area contributed by atoms with Gasteiger partial charge >= 0.3 is 5.00 Å². The number of hydrazone groups is 1. The number of fused-ring (bicyclic) bond motifs is 1. The molecule has 34 heavy (non-hydrogen) atoms. The second-order valence-electron chi connectivity index (χ2n) is 6.58. The van der Waals surface area contributed by atoms with Crippen LogP contribution in [0.1, 0.15) is 4.88 Å². The molecule has 174 valence electrons. The first-order valence-corrected chi connectivity index (χ1v) is 11.9. The number of amides is 1. The Hall–Kier alpha value is -3.25. The summed E-state index contributed by atoms with van der Waals surface area (Å²) in [7, 11) is 1.56. The lowest BCUT2D eigenvalue weighted by molar-refractivity contribution is -0.380. The van der Waals surface area contributed by atoms with Gasteiger partial charge in [-0.3, -0.25) is 14.9 Å². The van der Waals surface area contributed by atoms with Gasteiger partial charge in [-0.2, -0.15) is 10.1 Å². The summed E-state index contributed by atoms with van der Waals surface area (Å²) in [5.41, 5.74) is 0.655. The van der Waals surface area contributed by atoms with Crippen LogP contribution in [0, 0.1) is 10.1 Å². The second-order valence-corrected chi connectivity index (χ2v) is 9.52. The minimum absolute atomic E-state index is 0.0351. The van der Waals surface area contributed by atoms with Gasteiger partial charge in [0.05, 0.1) is 38.4 Å². The minimum Gasteiger partial charge on any atom is -0.497 e. The number of thiazole rings is 1. The number of hydrogen-bond acceptors (Lipinski definition) is 9. The molecule has 0 saturated carbocycles. The van der Waals surface area contributed by atoms with Crippen molar-refractivity contribution >= 4 is 78.3 Å². The van der Waals surface area contributed by atoms with Gasteiger partial charge < -0.3 is 9.47 Å². The van der Waals surface area contributed by atoms with E-state index < -0.39 is 10.8 Å². The summed E-state index contributed by atoms with van der Waals surface area (Å²) in [6.07, 6.45) is 1.36. The van der Waals surface area contributed by atoms with Gasteiger partial charge in [0.25, 0.3) is 5.91 Å². The first-order valence-electron chi connectivity index (χ1n) is 9.47. The highest BCUT2D eigenvalue weighted by molar-refractivity contribution is 7.22. The van der Waals surface area contributed by atoms with Crippen molar-refractivity contribution in [2.24, 2.45) is 5.10 Å². The van der Waals surface area contributed by atoms with Crippen molar-refractivity contribution in [3.05, 3.63) is 73.6 Å². The molecule has 0 fully saturated rings. The Labute approximate surface area is 210 Å². The van der Waals surface area contributed by atoms with Gasteiger partial charge in [0.1, 0.15) is 11.5 Å². The average molecular weight is 537 g/mol. The van der Waals surface area contributed by atoms with Crippen molar-refractivity contribution in [2.45, 2.75) is 0 Å². The Morgan fingerprint density at radius 1 is 1.21 bits per heavy atom. The van der Waals surface area contributed by atoms with Crippen molar-refractivity contribution in [1.29, 1.82) is 0 Å². The Balaban J connectivity index is 1.63. The summed E-state index contributed by atoms with van der Waals surface area (Å²) in [4.78, 5) is 28.5. The van der Waals surface area contributed by atoms with Crippen LogP contribution in [0.2, 0.25) is 10.0 Å². The number of halogens is 2. The van der Waals surface area contributed by atoms with Gasteiger partial charge in [0.2, 0.25) is 5.13 Å². The van der Waals surface area contributed by atoms with Crippen molar-refractivity contribution in [1.82, 2.24) is 4.98 Å². The standard InChI is InChI=1S/C21H14Cl2N4O5S2/c1-31-13-3-5-16-18(9-13)34-21(25-16)26(24-10-14-4-7-20(33-14)27(29)30)19(28)11-32-17-6-2-12(22)8-15(17)23/h2-10H,11H2,1H3/b24-10+. The molecule has 0 radical (unpaired) electrons. The Morgan fingerprint density at radius 3 is 2.74 bits per heavy atom. The van der Waals surface area contributed by atoms with Gasteiger partial charge in [-0.1, -0.05) is 45.9 Å². The Bertz CT molecular complexity index is 1410. The summed E-state index contributed by atoms with van der Waals surface area (Å²) in [6, 6.07) is 12.9. The molecule has 1 amide bonds. The molecule has 0 spiro atoms. The maximum absolute atomic E-state index is 13.1. The normalized spacial score (nSPS) is 11.1. The molecule has 0 aliphatic rings. The topological polar surface area (TPSA) is 107 Å². The molecular formula is C21H14Cl2N4O5S2. The molecule has 4 aromatic rings. The molecule has 9 nitrogen and oxygen atoms in total. The molecule has 2 aromatic carbocycles. The number of rotatable bonds is 8. The van der Waals surface area contributed by atoms with Crippen molar-refractivity contribution in [3.8, 4) is 11.5 Å². The lowest BCUT2D eigenvalue weighted by Gasteiger charge is -2.14. The fraction of sp³-hybridized carbons (Fsp3) is 0.0952. The number of hydrogen-bond donors (Lipinski definition) is 0. The minimum atomic E-state index is -0.528. The Kier molecular flexibility index (Phi) is 7.27. The van der Waals surface area contributed by atoms with Crippen LogP contribution in [-0.4, -0.2) is 35.7 Å². The monoisotopic (exact) mass is 536 g/mol. The first kappa shape index (κ1) is 23.9. The molecule has 0 atom stereocenters. The maximum atomic E-state index is 13.1. The third-order valence-electron chi connectivity index (χ3n) is 4.34. The number of nitro groups is 1. The number of ether oxygens (including phenoxy) is 2. The molecule has 0 bridgehead atoms. The van der Waals surface area contributed by atoms with Crippen LogP contribution in [0.15, 0.2) is 53.6 Å². The van der Waals surface area contributed by atoms with Crippen LogP contribution >= 0.6 is 45.9 Å². The van der Waals surface area contributed by atoms with Crippen LogP contribution < -0.4 is 14.5 Å². The number of thiophene rings is 1. The highest BCUT2D eigenvalue weighted by atomic mass is 35.5. The first-order chi connectivity index (χ1) is 16.3. The number of aromatic nitrogens is 1. The molecular weight excluding hydrogens is 523 g/mol. The van der Waals surface area contributed by atoms with E-state index in [0.29, 0.717) is 26.3 Å². The predicted molar refractivity (Wildman–Crippen MR) is 134 cm³/mol. The molecule has 0 saturated heterocycles.